The van der Waals surface area contributed by atoms with Gasteiger partial charge in [0.25, 0.3) is 5.91 Å². The first kappa shape index (κ1) is 14.5. The number of H-pyrrole nitrogens is 1. The van der Waals surface area contributed by atoms with E-state index in [9.17, 15) is 4.79 Å². The molecule has 0 bridgehead atoms. The van der Waals surface area contributed by atoms with Gasteiger partial charge >= 0.3 is 0 Å². The summed E-state index contributed by atoms with van der Waals surface area (Å²) in [4.78, 5) is 18.9. The van der Waals surface area contributed by atoms with Gasteiger partial charge in [0.15, 0.2) is 0 Å². The first-order chi connectivity index (χ1) is 10.1. The third kappa shape index (κ3) is 2.95. The zero-order valence-electron chi connectivity index (χ0n) is 13.0. The Morgan fingerprint density at radius 3 is 2.81 bits per heavy atom. The second-order valence-electron chi connectivity index (χ2n) is 6.81. The number of aromatic nitrogens is 3. The third-order valence-corrected chi connectivity index (χ3v) is 4.75. The van der Waals surface area contributed by atoms with E-state index in [1.807, 2.05) is 18.7 Å². The number of piperidine rings is 2. The minimum atomic E-state index is -0.0252. The molecule has 2 fully saturated rings. The van der Waals surface area contributed by atoms with Gasteiger partial charge in [-0.3, -0.25) is 9.89 Å². The Morgan fingerprint density at radius 2 is 2.14 bits per heavy atom. The SMILES string of the molecule is CC(C)c1nc(C(=O)N2CCCC3(CCCNC3)C2)n[nH]1. The van der Waals surface area contributed by atoms with Crippen LogP contribution in [-0.4, -0.2) is 52.2 Å². The van der Waals surface area contributed by atoms with Crippen LogP contribution in [-0.2, 0) is 0 Å². The molecular formula is C15H25N5O. The topological polar surface area (TPSA) is 73.9 Å². The fourth-order valence-corrected chi connectivity index (χ4v) is 3.53. The highest BCUT2D eigenvalue weighted by molar-refractivity contribution is 5.90. The lowest BCUT2D eigenvalue weighted by molar-refractivity contribution is 0.0424. The van der Waals surface area contributed by atoms with Crippen LogP contribution in [0.5, 0.6) is 0 Å². The molecule has 116 valence electrons. The van der Waals surface area contributed by atoms with Gasteiger partial charge in [0.1, 0.15) is 5.82 Å². The number of nitrogens with one attached hydrogen (secondary N) is 2. The lowest BCUT2D eigenvalue weighted by Crippen LogP contribution is -2.52. The molecule has 2 N–H and O–H groups in total. The van der Waals surface area contributed by atoms with Gasteiger partial charge in [0, 0.05) is 31.0 Å². The molecule has 1 spiro atoms. The van der Waals surface area contributed by atoms with Gasteiger partial charge < -0.3 is 10.2 Å². The van der Waals surface area contributed by atoms with Crippen LogP contribution in [0.15, 0.2) is 0 Å². The van der Waals surface area contributed by atoms with Gasteiger partial charge in [-0.05, 0) is 32.2 Å². The van der Waals surface area contributed by atoms with E-state index >= 15 is 0 Å². The molecule has 2 aliphatic heterocycles. The largest absolute Gasteiger partial charge is 0.335 e. The molecule has 2 saturated heterocycles. The summed E-state index contributed by atoms with van der Waals surface area (Å²) < 4.78 is 0. The first-order valence-corrected chi connectivity index (χ1v) is 8.02. The van der Waals surface area contributed by atoms with Crippen molar-refractivity contribution in [1.29, 1.82) is 0 Å². The van der Waals surface area contributed by atoms with Gasteiger partial charge in [0.2, 0.25) is 5.82 Å². The number of amides is 1. The number of likely N-dealkylation sites (tertiary alicyclic amines) is 1. The Labute approximate surface area is 125 Å². The summed E-state index contributed by atoms with van der Waals surface area (Å²) in [5, 5.41) is 10.5. The van der Waals surface area contributed by atoms with Crippen LogP contribution in [0.4, 0.5) is 0 Å². The third-order valence-electron chi connectivity index (χ3n) is 4.75. The number of hydrogen-bond acceptors (Lipinski definition) is 4. The lowest BCUT2D eigenvalue weighted by atomic mass is 9.74. The van der Waals surface area contributed by atoms with E-state index in [0.29, 0.717) is 5.82 Å². The molecule has 21 heavy (non-hydrogen) atoms. The van der Waals surface area contributed by atoms with Crippen molar-refractivity contribution in [1.82, 2.24) is 25.4 Å². The quantitative estimate of drug-likeness (QED) is 0.866. The van der Waals surface area contributed by atoms with Gasteiger partial charge in [-0.15, -0.1) is 5.10 Å². The highest BCUT2D eigenvalue weighted by Gasteiger charge is 2.38. The number of rotatable bonds is 2. The molecule has 1 amide bonds. The lowest BCUT2D eigenvalue weighted by Gasteiger charge is -2.45. The molecule has 0 aliphatic carbocycles. The minimum Gasteiger partial charge on any atom is -0.335 e. The normalized spacial score (nSPS) is 26.5. The summed E-state index contributed by atoms with van der Waals surface area (Å²) in [5.41, 5.74) is 0.267. The number of nitrogens with zero attached hydrogens (tertiary/aromatic N) is 3. The first-order valence-electron chi connectivity index (χ1n) is 8.02. The van der Waals surface area contributed by atoms with E-state index in [2.05, 4.69) is 20.5 Å². The fourth-order valence-electron chi connectivity index (χ4n) is 3.53. The molecule has 0 aromatic carbocycles. The van der Waals surface area contributed by atoms with E-state index in [1.165, 1.54) is 19.3 Å². The van der Waals surface area contributed by atoms with Crippen LogP contribution < -0.4 is 5.32 Å². The molecule has 1 aromatic rings. The number of aromatic amines is 1. The minimum absolute atomic E-state index is 0.0252. The summed E-state index contributed by atoms with van der Waals surface area (Å²) in [6, 6.07) is 0. The molecule has 0 saturated carbocycles. The summed E-state index contributed by atoms with van der Waals surface area (Å²) in [6.07, 6.45) is 4.72. The highest BCUT2D eigenvalue weighted by Crippen LogP contribution is 2.36. The van der Waals surface area contributed by atoms with Crippen LogP contribution >= 0.6 is 0 Å². The Balaban J connectivity index is 1.71. The molecule has 6 nitrogen and oxygen atoms in total. The maximum atomic E-state index is 12.6. The average molecular weight is 291 g/mol. The van der Waals surface area contributed by atoms with E-state index in [0.717, 1.165) is 38.4 Å². The van der Waals surface area contributed by atoms with E-state index in [4.69, 9.17) is 0 Å². The highest BCUT2D eigenvalue weighted by atomic mass is 16.2. The van der Waals surface area contributed by atoms with Gasteiger partial charge in [-0.25, -0.2) is 4.98 Å². The molecule has 1 aromatic heterocycles. The molecule has 2 aliphatic rings. The number of carbonyl (C=O) groups excluding carboxylic acids is 1. The summed E-state index contributed by atoms with van der Waals surface area (Å²) in [7, 11) is 0. The second kappa shape index (κ2) is 5.75. The van der Waals surface area contributed by atoms with Crippen LogP contribution in [0.2, 0.25) is 0 Å². The standard InChI is InChI=1S/C15H25N5O/c1-11(2)12-17-13(19-18-12)14(21)20-8-4-6-15(10-20)5-3-7-16-9-15/h11,16H,3-10H2,1-2H3,(H,17,18,19). The molecule has 3 rings (SSSR count). The molecular weight excluding hydrogens is 266 g/mol. The molecule has 1 atom stereocenters. The van der Waals surface area contributed by atoms with Crippen LogP contribution in [0.3, 0.4) is 0 Å². The van der Waals surface area contributed by atoms with Crippen molar-refractivity contribution < 1.29 is 4.79 Å². The van der Waals surface area contributed by atoms with Crippen LogP contribution in [0, 0.1) is 5.41 Å². The van der Waals surface area contributed by atoms with Crippen molar-refractivity contribution in [2.75, 3.05) is 26.2 Å². The second-order valence-corrected chi connectivity index (χ2v) is 6.81. The van der Waals surface area contributed by atoms with Gasteiger partial charge in [0.05, 0.1) is 0 Å². The molecule has 3 heterocycles. The predicted octanol–water partition coefficient (Wildman–Crippen LogP) is 1.53. The van der Waals surface area contributed by atoms with Crippen molar-refractivity contribution in [2.24, 2.45) is 5.41 Å². The summed E-state index contributed by atoms with van der Waals surface area (Å²) in [6.45, 7) is 7.88. The smallest absolute Gasteiger partial charge is 0.293 e. The number of carbonyl (C=O) groups is 1. The van der Waals surface area contributed by atoms with Gasteiger partial charge in [-0.1, -0.05) is 13.8 Å². The predicted molar refractivity (Wildman–Crippen MR) is 80.1 cm³/mol. The van der Waals surface area contributed by atoms with E-state index < -0.39 is 0 Å². The zero-order valence-corrected chi connectivity index (χ0v) is 13.0. The van der Waals surface area contributed by atoms with E-state index in [1.54, 1.807) is 0 Å². The Hall–Kier alpha value is -1.43. The molecule has 1 unspecified atom stereocenters. The average Bonchev–Trinajstić information content (AvgIpc) is 2.97. The molecule has 0 radical (unpaired) electrons. The monoisotopic (exact) mass is 291 g/mol. The maximum absolute atomic E-state index is 12.6. The maximum Gasteiger partial charge on any atom is 0.293 e. The Morgan fingerprint density at radius 1 is 1.33 bits per heavy atom. The van der Waals surface area contributed by atoms with Crippen molar-refractivity contribution in [3.63, 3.8) is 0 Å². The van der Waals surface area contributed by atoms with Crippen molar-refractivity contribution >= 4 is 5.91 Å². The van der Waals surface area contributed by atoms with E-state index in [-0.39, 0.29) is 17.2 Å². The van der Waals surface area contributed by atoms with Gasteiger partial charge in [-0.2, -0.15) is 0 Å². The Kier molecular flexibility index (Phi) is 3.97. The number of hydrogen-bond donors (Lipinski definition) is 2. The van der Waals surface area contributed by atoms with Crippen LogP contribution in [0.25, 0.3) is 0 Å². The fraction of sp³-hybridized carbons (Fsp3) is 0.800. The summed E-state index contributed by atoms with van der Waals surface area (Å²) >= 11 is 0. The van der Waals surface area contributed by atoms with Crippen LogP contribution in [0.1, 0.15) is 61.9 Å². The van der Waals surface area contributed by atoms with Crippen molar-refractivity contribution in [3.05, 3.63) is 11.6 Å². The Bertz CT molecular complexity index is 498. The van der Waals surface area contributed by atoms with Crippen molar-refractivity contribution in [2.45, 2.75) is 45.4 Å². The zero-order chi connectivity index (χ0) is 14.9. The molecule has 6 heteroatoms. The van der Waals surface area contributed by atoms with Crippen molar-refractivity contribution in [3.8, 4) is 0 Å². The summed E-state index contributed by atoms with van der Waals surface area (Å²) in [5.74, 6) is 1.33.